The molecule has 0 unspecified atom stereocenters. The molecule has 0 radical (unpaired) electrons. The quantitative estimate of drug-likeness (QED) is 0.602. The third kappa shape index (κ3) is 4.84. The van der Waals surface area contributed by atoms with E-state index in [0.29, 0.717) is 17.3 Å². The van der Waals surface area contributed by atoms with Crippen LogP contribution in [-0.2, 0) is 4.79 Å². The van der Waals surface area contributed by atoms with Gasteiger partial charge in [0, 0.05) is 17.6 Å². The van der Waals surface area contributed by atoms with Gasteiger partial charge in [-0.2, -0.15) is 0 Å². The second-order valence-corrected chi connectivity index (χ2v) is 7.19. The molecule has 0 atom stereocenters. The van der Waals surface area contributed by atoms with Crippen LogP contribution in [-0.4, -0.2) is 42.7 Å². The molecule has 0 aliphatic carbocycles. The molecule has 0 aliphatic rings. The first-order valence-electron chi connectivity index (χ1n) is 8.84. The number of carbonyl (C=O) groups excluding carboxylic acids is 1. The van der Waals surface area contributed by atoms with E-state index in [4.69, 9.17) is 5.11 Å². The number of aliphatic hydroxyl groups excluding tert-OH is 1. The van der Waals surface area contributed by atoms with Crippen molar-refractivity contribution in [3.8, 4) is 17.7 Å². The Morgan fingerprint density at radius 1 is 1.29 bits per heavy atom. The fourth-order valence-electron chi connectivity index (χ4n) is 2.55. The fourth-order valence-corrected chi connectivity index (χ4v) is 2.55. The second kappa shape index (κ2) is 8.06. The number of aliphatic hydroxyl groups is 1. The van der Waals surface area contributed by atoms with Gasteiger partial charge < -0.3 is 15.7 Å². The maximum Gasteiger partial charge on any atom is 0.300 e. The van der Waals surface area contributed by atoms with E-state index in [1.807, 2.05) is 31.4 Å². The van der Waals surface area contributed by atoms with E-state index in [1.54, 1.807) is 30.9 Å². The molecule has 8 heteroatoms. The highest BCUT2D eigenvalue weighted by molar-refractivity contribution is 6.04. The van der Waals surface area contributed by atoms with Crippen LogP contribution in [0.15, 0.2) is 36.9 Å². The zero-order valence-electron chi connectivity index (χ0n) is 16.0. The molecule has 144 valence electrons. The minimum Gasteiger partial charge on any atom is -0.395 e. The minimum absolute atomic E-state index is 0.0738. The van der Waals surface area contributed by atoms with Crippen LogP contribution >= 0.6 is 0 Å². The first kappa shape index (κ1) is 19.3. The molecular weight excluding hydrogens is 356 g/mol. The number of nitrogens with zero attached hydrogens (tertiary/aromatic N) is 4. The molecule has 0 fully saturated rings. The molecule has 3 aromatic rings. The smallest absolute Gasteiger partial charge is 0.300 e. The van der Waals surface area contributed by atoms with Crippen molar-refractivity contribution >= 4 is 28.4 Å². The molecule has 3 N–H and O–H groups in total. The summed E-state index contributed by atoms with van der Waals surface area (Å²) < 4.78 is 1.81. The maximum atomic E-state index is 11.9. The lowest BCUT2D eigenvalue weighted by Crippen LogP contribution is -2.26. The van der Waals surface area contributed by atoms with Crippen LogP contribution in [0.2, 0.25) is 0 Å². The maximum absolute atomic E-state index is 11.9. The molecule has 28 heavy (non-hydrogen) atoms. The van der Waals surface area contributed by atoms with Gasteiger partial charge in [-0.25, -0.2) is 9.97 Å². The van der Waals surface area contributed by atoms with Crippen LogP contribution in [0, 0.1) is 11.8 Å². The predicted octanol–water partition coefficient (Wildman–Crippen LogP) is 2.35. The molecule has 0 spiro atoms. The third-order valence-electron chi connectivity index (χ3n) is 3.62. The van der Waals surface area contributed by atoms with Gasteiger partial charge in [0.1, 0.15) is 12.1 Å². The summed E-state index contributed by atoms with van der Waals surface area (Å²) in [4.78, 5) is 25.1. The number of imidazole rings is 1. The average Bonchev–Trinajstić information content (AvgIpc) is 3.04. The van der Waals surface area contributed by atoms with Crippen molar-refractivity contribution in [3.63, 3.8) is 0 Å². The Labute approximate surface area is 163 Å². The van der Waals surface area contributed by atoms with Gasteiger partial charge in [0.15, 0.2) is 5.82 Å². The van der Waals surface area contributed by atoms with E-state index in [1.165, 1.54) is 0 Å². The number of amides is 1. The van der Waals surface area contributed by atoms with E-state index in [2.05, 4.69) is 37.4 Å². The van der Waals surface area contributed by atoms with Crippen LogP contribution in [0.25, 0.3) is 16.9 Å². The van der Waals surface area contributed by atoms with Gasteiger partial charge in [0.05, 0.1) is 30.0 Å². The largest absolute Gasteiger partial charge is 0.395 e. The second-order valence-electron chi connectivity index (χ2n) is 7.19. The summed E-state index contributed by atoms with van der Waals surface area (Å²) in [5.74, 6) is 5.87. The van der Waals surface area contributed by atoms with Crippen molar-refractivity contribution < 1.29 is 9.90 Å². The normalized spacial score (nSPS) is 11.0. The Balaban J connectivity index is 1.90. The summed E-state index contributed by atoms with van der Waals surface area (Å²) in [6.45, 7) is 6.07. The summed E-state index contributed by atoms with van der Waals surface area (Å²) in [6, 6.07) is 5.38. The number of aromatic nitrogens is 4. The number of fused-ring (bicyclic) bond motifs is 1. The van der Waals surface area contributed by atoms with Crippen molar-refractivity contribution in [2.45, 2.75) is 32.7 Å². The topological polar surface area (TPSA) is 105 Å². The highest BCUT2D eigenvalue weighted by Gasteiger charge is 2.13. The zero-order valence-corrected chi connectivity index (χ0v) is 16.0. The van der Waals surface area contributed by atoms with Gasteiger partial charge in [0.2, 0.25) is 0 Å². The fraction of sp³-hybridized carbons (Fsp3) is 0.300. The summed E-state index contributed by atoms with van der Waals surface area (Å²) in [5.41, 5.74) is 2.00. The van der Waals surface area contributed by atoms with Crippen LogP contribution in [0.4, 0.5) is 11.5 Å². The van der Waals surface area contributed by atoms with E-state index < -0.39 is 5.91 Å². The number of hydrogen-bond acceptors (Lipinski definition) is 6. The van der Waals surface area contributed by atoms with Crippen molar-refractivity contribution in [1.29, 1.82) is 0 Å². The molecule has 2 heterocycles. The monoisotopic (exact) mass is 378 g/mol. The molecule has 0 aliphatic heterocycles. The molecule has 0 saturated carbocycles. The number of anilines is 2. The van der Waals surface area contributed by atoms with Gasteiger partial charge >= 0.3 is 0 Å². The third-order valence-corrected chi connectivity index (χ3v) is 3.62. The molecule has 1 aromatic carbocycles. The van der Waals surface area contributed by atoms with Crippen LogP contribution in [0.3, 0.4) is 0 Å². The first-order chi connectivity index (χ1) is 13.4. The SMILES string of the molecule is CC(C)(C)Nc1cncc(-n2cnc3ccc(NC(=O)C#CCCO)cc32)n1. The Morgan fingerprint density at radius 2 is 2.11 bits per heavy atom. The summed E-state index contributed by atoms with van der Waals surface area (Å²) in [5, 5.41) is 14.7. The molecule has 0 saturated heterocycles. The van der Waals surface area contributed by atoms with E-state index in [-0.39, 0.29) is 18.6 Å². The van der Waals surface area contributed by atoms with E-state index >= 15 is 0 Å². The number of carbonyl (C=O) groups is 1. The number of nitrogens with one attached hydrogen (secondary N) is 2. The zero-order chi connectivity index (χ0) is 20.1. The number of rotatable bonds is 4. The summed E-state index contributed by atoms with van der Waals surface area (Å²) in [6.07, 6.45) is 5.25. The lowest BCUT2D eigenvalue weighted by molar-refractivity contribution is -0.111. The van der Waals surface area contributed by atoms with E-state index in [0.717, 1.165) is 11.0 Å². The minimum atomic E-state index is -0.435. The molecule has 2 aromatic heterocycles. The van der Waals surface area contributed by atoms with Crippen LogP contribution < -0.4 is 10.6 Å². The molecule has 3 rings (SSSR count). The number of benzene rings is 1. The van der Waals surface area contributed by atoms with Crippen molar-refractivity contribution in [2.24, 2.45) is 0 Å². The van der Waals surface area contributed by atoms with Gasteiger partial charge in [0.25, 0.3) is 5.91 Å². The van der Waals surface area contributed by atoms with E-state index in [9.17, 15) is 4.79 Å². The predicted molar refractivity (Wildman–Crippen MR) is 108 cm³/mol. The van der Waals surface area contributed by atoms with Gasteiger partial charge in [-0.05, 0) is 44.9 Å². The molecule has 1 amide bonds. The van der Waals surface area contributed by atoms with Crippen molar-refractivity contribution in [2.75, 3.05) is 17.2 Å². The molecule has 0 bridgehead atoms. The van der Waals surface area contributed by atoms with Crippen LogP contribution in [0.1, 0.15) is 27.2 Å². The summed E-state index contributed by atoms with van der Waals surface area (Å²) in [7, 11) is 0. The van der Waals surface area contributed by atoms with Gasteiger partial charge in [-0.1, -0.05) is 5.92 Å². The Kier molecular flexibility index (Phi) is 5.57. The number of hydrogen-bond donors (Lipinski definition) is 3. The molecular formula is C20H22N6O2. The van der Waals surface area contributed by atoms with Crippen molar-refractivity contribution in [1.82, 2.24) is 19.5 Å². The average molecular weight is 378 g/mol. The highest BCUT2D eigenvalue weighted by atomic mass is 16.2. The Hall–Kier alpha value is -3.44. The van der Waals surface area contributed by atoms with Crippen LogP contribution in [0.5, 0.6) is 0 Å². The van der Waals surface area contributed by atoms with Gasteiger partial charge in [-0.3, -0.25) is 14.3 Å². The standard InChI is InChI=1S/C20H22N6O2/c1-20(2,3)25-17-11-21-12-18(24-17)26-13-22-15-8-7-14(10-16(15)26)23-19(28)6-4-5-9-27/h7-8,10-13,27H,5,9H2,1-3H3,(H,23,28)(H,24,25). The summed E-state index contributed by atoms with van der Waals surface area (Å²) >= 11 is 0. The Bertz CT molecular complexity index is 1060. The molecule has 8 nitrogen and oxygen atoms in total. The van der Waals surface area contributed by atoms with Crippen molar-refractivity contribution in [3.05, 3.63) is 36.9 Å². The van der Waals surface area contributed by atoms with Gasteiger partial charge in [-0.15, -0.1) is 0 Å². The Morgan fingerprint density at radius 3 is 2.86 bits per heavy atom. The lowest BCUT2D eigenvalue weighted by atomic mass is 10.1. The lowest BCUT2D eigenvalue weighted by Gasteiger charge is -2.21. The highest BCUT2D eigenvalue weighted by Crippen LogP contribution is 2.22. The first-order valence-corrected chi connectivity index (χ1v) is 8.84.